The van der Waals surface area contributed by atoms with Gasteiger partial charge in [-0.2, -0.15) is 0 Å². The molecule has 0 heterocycles. The molecule has 3 rings (SSSR count). The molecule has 0 saturated heterocycles. The minimum absolute atomic E-state index is 0.221. The maximum atomic E-state index is 12.7. The summed E-state index contributed by atoms with van der Waals surface area (Å²) in [5.74, 6) is -0.502. The molecule has 0 aliphatic heterocycles. The molecule has 1 N–H and O–H groups in total. The van der Waals surface area contributed by atoms with Crippen LogP contribution in [0.15, 0.2) is 42.5 Å². The van der Waals surface area contributed by atoms with Crippen molar-refractivity contribution in [2.75, 3.05) is 18.6 Å². The van der Waals surface area contributed by atoms with Crippen LogP contribution < -0.4 is 5.32 Å². The third-order valence-electron chi connectivity index (χ3n) is 4.09. The fourth-order valence-electron chi connectivity index (χ4n) is 2.83. The second-order valence-corrected chi connectivity index (χ2v) is 10.7. The Kier molecular flexibility index (Phi) is 5.48. The van der Waals surface area contributed by atoms with Crippen LogP contribution in [-0.4, -0.2) is 44.4 Å². The second-order valence-electron chi connectivity index (χ2n) is 6.10. The molecular formula is C19H17NO5S2. The molecule has 6 nitrogen and oxygen atoms in total. The lowest BCUT2D eigenvalue weighted by Crippen LogP contribution is -2.26. The van der Waals surface area contributed by atoms with E-state index in [4.69, 9.17) is 0 Å². The van der Waals surface area contributed by atoms with E-state index in [0.717, 1.165) is 17.0 Å². The van der Waals surface area contributed by atoms with Crippen LogP contribution in [0.1, 0.15) is 48.6 Å². The van der Waals surface area contributed by atoms with Crippen molar-refractivity contribution in [2.24, 2.45) is 0 Å². The normalized spacial score (nSPS) is 13.1. The molecule has 8 heteroatoms. The summed E-state index contributed by atoms with van der Waals surface area (Å²) in [5, 5.41) is 2.69. The van der Waals surface area contributed by atoms with Crippen LogP contribution in [0.3, 0.4) is 0 Å². The highest BCUT2D eigenvalue weighted by Crippen LogP contribution is 2.27. The molecule has 0 saturated carbocycles. The summed E-state index contributed by atoms with van der Waals surface area (Å²) in [6.07, 6.45) is 1.64. The summed E-state index contributed by atoms with van der Waals surface area (Å²) in [5.41, 5.74) is 1.50. The van der Waals surface area contributed by atoms with Crippen molar-refractivity contribution in [1.82, 2.24) is 5.32 Å². The van der Waals surface area contributed by atoms with E-state index in [1.165, 1.54) is 18.2 Å². The average molecular weight is 403 g/mol. The molecule has 0 unspecified atom stereocenters. The molecule has 2 aromatic rings. The highest BCUT2D eigenvalue weighted by molar-refractivity contribution is 8.71. The zero-order chi connectivity index (χ0) is 19.6. The molecule has 27 heavy (non-hydrogen) atoms. The number of carbonyl (C=O) groups excluding carboxylic acids is 3. The van der Waals surface area contributed by atoms with Crippen molar-refractivity contribution in [3.63, 3.8) is 0 Å². The molecule has 0 spiro atoms. The number of ketones is 2. The van der Waals surface area contributed by atoms with E-state index < -0.39 is 8.87 Å². The van der Waals surface area contributed by atoms with Gasteiger partial charge in [0.2, 0.25) is 0 Å². The van der Waals surface area contributed by atoms with Crippen molar-refractivity contribution >= 4 is 37.1 Å². The third kappa shape index (κ3) is 4.28. The maximum absolute atomic E-state index is 12.7. The predicted octanol–water partition coefficient (Wildman–Crippen LogP) is 2.27. The largest absolute Gasteiger partial charge is 0.352 e. The van der Waals surface area contributed by atoms with Gasteiger partial charge in [0, 0.05) is 46.4 Å². The topological polar surface area (TPSA) is 97.4 Å². The monoisotopic (exact) mass is 403 g/mol. The van der Waals surface area contributed by atoms with Crippen LogP contribution in [-0.2, 0) is 8.87 Å². The lowest BCUT2D eigenvalue weighted by Gasteiger charge is -2.17. The Morgan fingerprint density at radius 1 is 0.963 bits per heavy atom. The third-order valence-corrected chi connectivity index (χ3v) is 6.76. The van der Waals surface area contributed by atoms with E-state index in [9.17, 15) is 22.8 Å². The zero-order valence-corrected chi connectivity index (χ0v) is 16.2. The maximum Gasteiger partial charge on any atom is 0.251 e. The highest BCUT2D eigenvalue weighted by atomic mass is 33.1. The number of hydrogen-bond acceptors (Lipinski definition) is 6. The summed E-state index contributed by atoms with van der Waals surface area (Å²) < 4.78 is 22.1. The molecule has 140 valence electrons. The highest BCUT2D eigenvalue weighted by Gasteiger charge is 2.29. The first kappa shape index (κ1) is 19.3. The molecule has 1 aliphatic rings. The van der Waals surface area contributed by atoms with Gasteiger partial charge in [0.25, 0.3) is 5.91 Å². The Balaban J connectivity index is 1.72. The molecule has 0 aromatic heterocycles. The summed E-state index contributed by atoms with van der Waals surface area (Å²) in [6.45, 7) is 0.314. The van der Waals surface area contributed by atoms with Crippen LogP contribution in [0.25, 0.3) is 0 Å². The van der Waals surface area contributed by atoms with Crippen LogP contribution in [0.4, 0.5) is 0 Å². The minimum atomic E-state index is -3.09. The Bertz CT molecular complexity index is 1040. The first-order valence-electron chi connectivity index (χ1n) is 8.23. The second kappa shape index (κ2) is 7.66. The number of rotatable bonds is 6. The average Bonchev–Trinajstić information content (AvgIpc) is 2.64. The van der Waals surface area contributed by atoms with Crippen LogP contribution in [0.5, 0.6) is 0 Å². The first-order valence-corrected chi connectivity index (χ1v) is 11.6. The Morgan fingerprint density at radius 2 is 1.56 bits per heavy atom. The number of fused-ring (bicyclic) bond motifs is 2. The van der Waals surface area contributed by atoms with Crippen LogP contribution in [0.2, 0.25) is 0 Å². The zero-order valence-electron chi connectivity index (χ0n) is 14.5. The fourth-order valence-corrected chi connectivity index (χ4v) is 4.65. The van der Waals surface area contributed by atoms with Gasteiger partial charge in [-0.05, 0) is 35.4 Å². The van der Waals surface area contributed by atoms with Gasteiger partial charge in [0.15, 0.2) is 20.4 Å². The number of hydrogen-bond donors (Lipinski definition) is 1. The van der Waals surface area contributed by atoms with E-state index in [0.29, 0.717) is 35.4 Å². The molecule has 1 aliphatic carbocycles. The fraction of sp³-hybridized carbons (Fsp3) is 0.211. The van der Waals surface area contributed by atoms with Gasteiger partial charge >= 0.3 is 0 Å². The van der Waals surface area contributed by atoms with Gasteiger partial charge in [0.05, 0.1) is 0 Å². The quantitative estimate of drug-likeness (QED) is 0.501. The molecule has 2 aromatic carbocycles. The lowest BCUT2D eigenvalue weighted by molar-refractivity contribution is 0.0951. The van der Waals surface area contributed by atoms with Crippen molar-refractivity contribution in [1.29, 1.82) is 0 Å². The number of carbonyl (C=O) groups is 3. The SMILES string of the molecule is CS(=O)(=O)SCCCNC(=O)c1ccc2c(c1)C(=O)c1ccccc1C2=O. The van der Waals surface area contributed by atoms with Crippen LogP contribution >= 0.6 is 10.8 Å². The number of benzene rings is 2. The van der Waals surface area contributed by atoms with E-state index in [2.05, 4.69) is 5.32 Å². The smallest absolute Gasteiger partial charge is 0.251 e. The van der Waals surface area contributed by atoms with Gasteiger partial charge in [-0.15, -0.1) is 0 Å². The van der Waals surface area contributed by atoms with E-state index >= 15 is 0 Å². The van der Waals surface area contributed by atoms with E-state index in [1.54, 1.807) is 24.3 Å². The molecule has 1 amide bonds. The summed E-state index contributed by atoms with van der Waals surface area (Å²) in [6, 6.07) is 11.1. The standard InChI is InChI=1S/C19H17NO5S2/c1-27(24,25)26-10-4-9-20-19(23)12-7-8-15-16(11-12)18(22)14-6-3-2-5-13(14)17(15)21/h2-3,5-8,11H,4,9-10H2,1H3,(H,20,23). The minimum Gasteiger partial charge on any atom is -0.352 e. The molecule has 0 radical (unpaired) electrons. The summed E-state index contributed by atoms with van der Waals surface area (Å²) in [7, 11) is -2.26. The van der Waals surface area contributed by atoms with E-state index in [-0.39, 0.29) is 28.6 Å². The predicted molar refractivity (Wildman–Crippen MR) is 104 cm³/mol. The molecule has 0 atom stereocenters. The molecule has 0 fully saturated rings. The van der Waals surface area contributed by atoms with Crippen molar-refractivity contribution in [2.45, 2.75) is 6.42 Å². The van der Waals surface area contributed by atoms with Gasteiger partial charge in [-0.1, -0.05) is 24.3 Å². The van der Waals surface area contributed by atoms with Crippen molar-refractivity contribution in [3.8, 4) is 0 Å². The van der Waals surface area contributed by atoms with Gasteiger partial charge in [0.1, 0.15) is 0 Å². The van der Waals surface area contributed by atoms with Gasteiger partial charge in [-0.3, -0.25) is 14.4 Å². The van der Waals surface area contributed by atoms with E-state index in [1.807, 2.05) is 0 Å². The van der Waals surface area contributed by atoms with Crippen molar-refractivity contribution in [3.05, 3.63) is 70.3 Å². The van der Waals surface area contributed by atoms with Crippen LogP contribution in [0, 0.1) is 0 Å². The van der Waals surface area contributed by atoms with Crippen molar-refractivity contribution < 1.29 is 22.8 Å². The summed E-state index contributed by atoms with van der Waals surface area (Å²) in [4.78, 5) is 37.5. The first-order chi connectivity index (χ1) is 12.8. The Hall–Kier alpha value is -2.45. The Labute approximate surface area is 160 Å². The lowest BCUT2D eigenvalue weighted by atomic mass is 9.83. The number of nitrogens with one attached hydrogen (secondary N) is 1. The van der Waals surface area contributed by atoms with Gasteiger partial charge in [-0.25, -0.2) is 8.42 Å². The number of amides is 1. The molecular weight excluding hydrogens is 386 g/mol. The summed E-state index contributed by atoms with van der Waals surface area (Å²) >= 11 is 0. The molecule has 0 bridgehead atoms. The van der Waals surface area contributed by atoms with Gasteiger partial charge < -0.3 is 5.32 Å². The Morgan fingerprint density at radius 3 is 2.19 bits per heavy atom.